The number of ether oxygens (including phenoxy) is 2. The molecule has 1 amide bonds. The summed E-state index contributed by atoms with van der Waals surface area (Å²) < 4.78 is 11.5. The fourth-order valence-corrected chi connectivity index (χ4v) is 4.29. The van der Waals surface area contributed by atoms with Crippen LogP contribution in [-0.4, -0.2) is 112 Å². The quantitative estimate of drug-likeness (QED) is 0.362. The number of likely N-dealkylation sites (tertiary alicyclic amines) is 1. The van der Waals surface area contributed by atoms with Crippen LogP contribution >= 0.6 is 0 Å². The number of carboxylic acids is 2. The highest BCUT2D eigenvalue weighted by molar-refractivity contribution is 5.91. The minimum absolute atomic E-state index is 0.0526. The standard InChI is InChI=1S/C22H30N2O3.C4H6O6/c25-22(24-14-16-26-17-15-24)9-6-18-4-7-20(8-5-18)27-21-10-12-23(13-11-21)19-2-1-3-19;5-1(3(7)8)2(6)4(9)10/h4-9,19,21H,1-3,10-17H2;1-2,5-6H,(H,7,8)(H,9,10)/b9-6+;/t;1-,2-/m.1/s1. The molecule has 204 valence electrons. The Balaban J connectivity index is 0.000000325. The number of piperidine rings is 1. The average Bonchev–Trinajstić information content (AvgIpc) is 2.88. The molecule has 4 N–H and O–H groups in total. The van der Waals surface area contributed by atoms with E-state index in [2.05, 4.69) is 4.90 Å². The molecule has 2 atom stereocenters. The van der Waals surface area contributed by atoms with E-state index in [9.17, 15) is 14.4 Å². The van der Waals surface area contributed by atoms with Crippen LogP contribution in [0.3, 0.4) is 0 Å². The molecule has 3 aliphatic rings. The normalized spacial score (nSPS) is 20.9. The van der Waals surface area contributed by atoms with E-state index in [0.29, 0.717) is 32.4 Å². The summed E-state index contributed by atoms with van der Waals surface area (Å²) in [5.41, 5.74) is 1.02. The van der Waals surface area contributed by atoms with Crippen molar-refractivity contribution in [2.75, 3.05) is 39.4 Å². The van der Waals surface area contributed by atoms with Crippen molar-refractivity contribution in [3.63, 3.8) is 0 Å². The first-order valence-corrected chi connectivity index (χ1v) is 12.6. The van der Waals surface area contributed by atoms with E-state index >= 15 is 0 Å². The van der Waals surface area contributed by atoms with Crippen LogP contribution < -0.4 is 4.74 Å². The molecule has 1 aromatic carbocycles. The highest BCUT2D eigenvalue weighted by Crippen LogP contribution is 2.28. The van der Waals surface area contributed by atoms with Crippen molar-refractivity contribution in [3.05, 3.63) is 35.9 Å². The van der Waals surface area contributed by atoms with Crippen LogP contribution in [0.4, 0.5) is 0 Å². The third kappa shape index (κ3) is 8.81. The SMILES string of the molecule is O=C(/C=C/c1ccc(OC2CCN(C3CCC3)CC2)cc1)N1CCOCC1.O=C(O)[C@H](O)[C@@H](O)C(=O)O. The Bertz CT molecular complexity index is 900. The summed E-state index contributed by atoms with van der Waals surface area (Å²) in [7, 11) is 0. The number of hydrogen-bond donors (Lipinski definition) is 4. The van der Waals surface area contributed by atoms with E-state index < -0.39 is 24.1 Å². The van der Waals surface area contributed by atoms with Gasteiger partial charge < -0.3 is 39.7 Å². The predicted molar refractivity (Wildman–Crippen MR) is 133 cm³/mol. The first kappa shape index (κ1) is 28.6. The number of rotatable bonds is 8. The van der Waals surface area contributed by atoms with E-state index in [0.717, 1.165) is 30.2 Å². The summed E-state index contributed by atoms with van der Waals surface area (Å²) in [5.74, 6) is -2.56. The van der Waals surface area contributed by atoms with Gasteiger partial charge in [-0.2, -0.15) is 0 Å². The molecule has 0 unspecified atom stereocenters. The van der Waals surface area contributed by atoms with Gasteiger partial charge in [0.25, 0.3) is 0 Å². The van der Waals surface area contributed by atoms with Crippen molar-refractivity contribution >= 4 is 23.9 Å². The molecule has 0 aromatic heterocycles. The second-order valence-electron chi connectivity index (χ2n) is 9.34. The lowest BCUT2D eigenvalue weighted by Crippen LogP contribution is -2.46. The number of hydrogen-bond acceptors (Lipinski definition) is 8. The van der Waals surface area contributed by atoms with Crippen LogP contribution in [0, 0.1) is 0 Å². The number of carbonyl (C=O) groups excluding carboxylic acids is 1. The maximum Gasteiger partial charge on any atom is 0.335 e. The maximum atomic E-state index is 12.2. The van der Waals surface area contributed by atoms with Gasteiger partial charge in [0, 0.05) is 38.3 Å². The Kier molecular flexibility index (Phi) is 10.9. The van der Waals surface area contributed by atoms with E-state index in [4.69, 9.17) is 29.9 Å². The first-order chi connectivity index (χ1) is 17.7. The Labute approximate surface area is 215 Å². The fraction of sp³-hybridized carbons (Fsp3) is 0.577. The van der Waals surface area contributed by atoms with Crippen LogP contribution in [-0.2, 0) is 19.1 Å². The van der Waals surface area contributed by atoms with Gasteiger partial charge in [0.05, 0.1) is 13.2 Å². The topological polar surface area (TPSA) is 157 Å². The van der Waals surface area contributed by atoms with Crippen LogP contribution in [0.1, 0.15) is 37.7 Å². The number of carbonyl (C=O) groups is 3. The molecule has 11 heteroatoms. The van der Waals surface area contributed by atoms with Crippen molar-refractivity contribution < 1.29 is 44.3 Å². The minimum Gasteiger partial charge on any atom is -0.490 e. The minimum atomic E-state index is -2.27. The zero-order chi connectivity index (χ0) is 26.8. The number of morpholine rings is 1. The summed E-state index contributed by atoms with van der Waals surface area (Å²) in [5, 5.41) is 32.5. The molecule has 1 aromatic rings. The van der Waals surface area contributed by atoms with Crippen LogP contribution in [0.5, 0.6) is 5.75 Å². The largest absolute Gasteiger partial charge is 0.490 e. The molecule has 0 radical (unpaired) electrons. The van der Waals surface area contributed by atoms with Crippen molar-refractivity contribution in [2.24, 2.45) is 0 Å². The molecule has 0 spiro atoms. The summed E-state index contributed by atoms with van der Waals surface area (Å²) in [6.07, 6.45) is 5.72. The highest BCUT2D eigenvalue weighted by atomic mass is 16.5. The molecule has 37 heavy (non-hydrogen) atoms. The molecule has 2 aliphatic heterocycles. The summed E-state index contributed by atoms with van der Waals surface area (Å²) in [6, 6.07) is 8.90. The average molecular weight is 521 g/mol. The van der Waals surface area contributed by atoms with Crippen LogP contribution in [0.15, 0.2) is 30.3 Å². The lowest BCUT2D eigenvalue weighted by atomic mass is 9.90. The molecule has 2 heterocycles. The maximum absolute atomic E-state index is 12.2. The zero-order valence-electron chi connectivity index (χ0n) is 20.8. The molecule has 11 nitrogen and oxygen atoms in total. The van der Waals surface area contributed by atoms with Gasteiger partial charge in [0.1, 0.15) is 11.9 Å². The Morgan fingerprint density at radius 2 is 1.46 bits per heavy atom. The highest BCUT2D eigenvalue weighted by Gasteiger charge is 2.30. The van der Waals surface area contributed by atoms with Gasteiger partial charge in [-0.25, -0.2) is 9.59 Å². The summed E-state index contributed by atoms with van der Waals surface area (Å²) >= 11 is 0. The third-order valence-corrected chi connectivity index (χ3v) is 6.80. The van der Waals surface area contributed by atoms with Crippen molar-refractivity contribution in [3.8, 4) is 5.75 Å². The predicted octanol–water partition coefficient (Wildman–Crippen LogP) is 0.832. The van der Waals surface area contributed by atoms with E-state index in [-0.39, 0.29) is 5.91 Å². The van der Waals surface area contributed by atoms with Gasteiger partial charge in [0.15, 0.2) is 12.2 Å². The van der Waals surface area contributed by atoms with Crippen molar-refractivity contribution in [1.82, 2.24) is 9.80 Å². The van der Waals surface area contributed by atoms with E-state index in [1.54, 1.807) is 6.08 Å². The molecular weight excluding hydrogens is 484 g/mol. The fourth-order valence-electron chi connectivity index (χ4n) is 4.29. The Hall–Kier alpha value is -2.99. The van der Waals surface area contributed by atoms with Crippen LogP contribution in [0.25, 0.3) is 6.08 Å². The molecule has 1 aliphatic carbocycles. The van der Waals surface area contributed by atoms with Crippen molar-refractivity contribution in [2.45, 2.75) is 56.5 Å². The third-order valence-electron chi connectivity index (χ3n) is 6.80. The zero-order valence-corrected chi connectivity index (χ0v) is 20.8. The number of aliphatic hydroxyl groups excluding tert-OH is 2. The number of carboxylic acid groups (broad SMARTS) is 2. The summed E-state index contributed by atoms with van der Waals surface area (Å²) in [6.45, 7) is 4.95. The lowest BCUT2D eigenvalue weighted by molar-refractivity contribution is -0.165. The van der Waals surface area contributed by atoms with E-state index in [1.165, 1.54) is 32.4 Å². The monoisotopic (exact) mass is 520 g/mol. The van der Waals surface area contributed by atoms with Crippen molar-refractivity contribution in [1.29, 1.82) is 0 Å². The van der Waals surface area contributed by atoms with Gasteiger partial charge in [0.2, 0.25) is 5.91 Å². The van der Waals surface area contributed by atoms with Gasteiger partial charge in [-0.1, -0.05) is 18.6 Å². The number of nitrogens with zero attached hydrogens (tertiary/aromatic N) is 2. The molecule has 0 bridgehead atoms. The number of aliphatic carboxylic acids is 2. The number of aliphatic hydroxyl groups is 2. The lowest BCUT2D eigenvalue weighted by Gasteiger charge is -2.41. The summed E-state index contributed by atoms with van der Waals surface area (Å²) in [4.78, 5) is 36.2. The van der Waals surface area contributed by atoms with Crippen LogP contribution in [0.2, 0.25) is 0 Å². The van der Waals surface area contributed by atoms with Gasteiger partial charge >= 0.3 is 11.9 Å². The van der Waals surface area contributed by atoms with Gasteiger partial charge in [-0.05, 0) is 49.5 Å². The second kappa shape index (κ2) is 14.1. The molecule has 3 fully saturated rings. The van der Waals surface area contributed by atoms with Gasteiger partial charge in [-0.15, -0.1) is 0 Å². The smallest absolute Gasteiger partial charge is 0.335 e. The van der Waals surface area contributed by atoms with Gasteiger partial charge in [-0.3, -0.25) is 4.79 Å². The Morgan fingerprint density at radius 3 is 1.95 bits per heavy atom. The number of benzene rings is 1. The number of amides is 1. The molecular formula is C26H36N2O9. The molecule has 4 rings (SSSR count). The molecule has 2 saturated heterocycles. The van der Waals surface area contributed by atoms with E-state index in [1.807, 2.05) is 35.2 Å². The first-order valence-electron chi connectivity index (χ1n) is 12.6. The second-order valence-corrected chi connectivity index (χ2v) is 9.34. The molecule has 1 saturated carbocycles. The Morgan fingerprint density at radius 1 is 0.892 bits per heavy atom.